The molecule has 1 aliphatic rings. The third-order valence-corrected chi connectivity index (χ3v) is 3.48. The summed E-state index contributed by atoms with van der Waals surface area (Å²) in [6.07, 6.45) is 2.69. The zero-order chi connectivity index (χ0) is 15.1. The zero-order valence-corrected chi connectivity index (χ0v) is 13.1. The van der Waals surface area contributed by atoms with Crippen LogP contribution < -0.4 is 10.5 Å². The van der Waals surface area contributed by atoms with E-state index in [4.69, 9.17) is 10.5 Å². The molecule has 1 aliphatic carbocycles. The van der Waals surface area contributed by atoms with Crippen LogP contribution in [-0.2, 0) is 0 Å². The van der Waals surface area contributed by atoms with Crippen LogP contribution in [-0.4, -0.2) is 37.2 Å². The number of rotatable bonds is 7. The van der Waals surface area contributed by atoms with Crippen molar-refractivity contribution in [3.05, 3.63) is 29.8 Å². The summed E-state index contributed by atoms with van der Waals surface area (Å²) < 4.78 is 5.88. The predicted molar refractivity (Wildman–Crippen MR) is 87.3 cm³/mol. The Morgan fingerprint density at radius 2 is 2.19 bits per heavy atom. The van der Waals surface area contributed by atoms with Crippen LogP contribution >= 0.6 is 0 Å². The van der Waals surface area contributed by atoms with Gasteiger partial charge in [-0.1, -0.05) is 31.8 Å². The molecule has 0 aromatic heterocycles. The fourth-order valence-corrected chi connectivity index (χ4v) is 2.43. The summed E-state index contributed by atoms with van der Waals surface area (Å²) in [6.45, 7) is 7.83. The summed E-state index contributed by atoms with van der Waals surface area (Å²) in [4.78, 5) is 2.56. The number of benzene rings is 1. The van der Waals surface area contributed by atoms with Gasteiger partial charge in [0.15, 0.2) is 0 Å². The van der Waals surface area contributed by atoms with Crippen molar-refractivity contribution < 1.29 is 4.74 Å². The van der Waals surface area contributed by atoms with E-state index >= 15 is 0 Å². The highest BCUT2D eigenvalue weighted by Gasteiger charge is 2.28. The quantitative estimate of drug-likeness (QED) is 0.783. The molecule has 2 N–H and O–H groups in total. The van der Waals surface area contributed by atoms with Crippen LogP contribution in [0.1, 0.15) is 32.3 Å². The van der Waals surface area contributed by atoms with Crippen LogP contribution in [0.4, 0.5) is 0 Å². The van der Waals surface area contributed by atoms with Crippen LogP contribution in [0.3, 0.4) is 0 Å². The van der Waals surface area contributed by atoms with Gasteiger partial charge in [-0.2, -0.15) is 0 Å². The molecule has 114 valence electrons. The Hall–Kier alpha value is -1.50. The van der Waals surface area contributed by atoms with Crippen molar-refractivity contribution in [1.29, 1.82) is 0 Å². The molecule has 3 heteroatoms. The molecule has 1 fully saturated rings. The number of ether oxygens (including phenoxy) is 1. The predicted octanol–water partition coefficient (Wildman–Crippen LogP) is 2.50. The molecule has 0 spiro atoms. The monoisotopic (exact) mass is 286 g/mol. The van der Waals surface area contributed by atoms with Gasteiger partial charge in [0.05, 0.1) is 6.54 Å². The lowest BCUT2D eigenvalue weighted by molar-refractivity contribution is 0.185. The number of nitrogens with two attached hydrogens (primary N) is 1. The molecule has 0 heterocycles. The highest BCUT2D eigenvalue weighted by Crippen LogP contribution is 2.27. The van der Waals surface area contributed by atoms with E-state index in [1.165, 1.54) is 12.8 Å². The summed E-state index contributed by atoms with van der Waals surface area (Å²) >= 11 is 0. The van der Waals surface area contributed by atoms with E-state index in [2.05, 4.69) is 30.6 Å². The van der Waals surface area contributed by atoms with Crippen LogP contribution in [0.2, 0.25) is 0 Å². The minimum Gasteiger partial charge on any atom is -0.492 e. The number of hydrogen-bond donors (Lipinski definition) is 1. The second-order valence-electron chi connectivity index (χ2n) is 6.00. The SMILES string of the molecule is CC(C)CN(CCOc1cccc(C#CCN)c1)C1CC1. The van der Waals surface area contributed by atoms with Crippen LogP contribution in [0, 0.1) is 17.8 Å². The van der Waals surface area contributed by atoms with Gasteiger partial charge in [-0.05, 0) is 37.0 Å². The maximum absolute atomic E-state index is 5.88. The van der Waals surface area contributed by atoms with Crippen molar-refractivity contribution in [3.8, 4) is 17.6 Å². The maximum atomic E-state index is 5.88. The van der Waals surface area contributed by atoms with E-state index in [0.717, 1.165) is 37.1 Å². The van der Waals surface area contributed by atoms with Gasteiger partial charge in [0.2, 0.25) is 0 Å². The van der Waals surface area contributed by atoms with Crippen LogP contribution in [0.25, 0.3) is 0 Å². The highest BCUT2D eigenvalue weighted by molar-refractivity contribution is 5.39. The second kappa shape index (κ2) is 8.07. The third-order valence-electron chi connectivity index (χ3n) is 3.48. The zero-order valence-electron chi connectivity index (χ0n) is 13.1. The first-order chi connectivity index (χ1) is 10.2. The average Bonchev–Trinajstić information content (AvgIpc) is 3.29. The Balaban J connectivity index is 1.82. The summed E-state index contributed by atoms with van der Waals surface area (Å²) in [7, 11) is 0. The Kier molecular flexibility index (Phi) is 6.10. The van der Waals surface area contributed by atoms with Crippen molar-refractivity contribution in [2.45, 2.75) is 32.7 Å². The molecule has 0 unspecified atom stereocenters. The standard InChI is InChI=1S/C18H26N2O/c1-15(2)14-20(17-8-9-17)11-12-21-18-7-3-5-16(13-18)6-4-10-19/h3,5,7,13,15,17H,8-12,14,19H2,1-2H3. The summed E-state index contributed by atoms with van der Waals surface area (Å²) in [5, 5.41) is 0. The van der Waals surface area contributed by atoms with Gasteiger partial charge >= 0.3 is 0 Å². The Labute approximate surface area is 128 Å². The van der Waals surface area contributed by atoms with E-state index in [0.29, 0.717) is 12.5 Å². The second-order valence-corrected chi connectivity index (χ2v) is 6.00. The van der Waals surface area contributed by atoms with Gasteiger partial charge < -0.3 is 10.5 Å². The average molecular weight is 286 g/mol. The van der Waals surface area contributed by atoms with Crippen molar-refractivity contribution >= 4 is 0 Å². The van der Waals surface area contributed by atoms with E-state index in [-0.39, 0.29) is 0 Å². The molecule has 1 saturated carbocycles. The van der Waals surface area contributed by atoms with Gasteiger partial charge in [-0.25, -0.2) is 0 Å². The smallest absolute Gasteiger partial charge is 0.120 e. The van der Waals surface area contributed by atoms with Crippen molar-refractivity contribution in [2.24, 2.45) is 11.7 Å². The minimum atomic E-state index is 0.386. The van der Waals surface area contributed by atoms with Crippen molar-refractivity contribution in [2.75, 3.05) is 26.2 Å². The molecule has 21 heavy (non-hydrogen) atoms. The van der Waals surface area contributed by atoms with E-state index in [9.17, 15) is 0 Å². The molecule has 3 nitrogen and oxygen atoms in total. The molecule has 0 aliphatic heterocycles. The van der Waals surface area contributed by atoms with E-state index < -0.39 is 0 Å². The summed E-state index contributed by atoms with van der Waals surface area (Å²) in [5.74, 6) is 7.49. The first kappa shape index (κ1) is 15.9. The Morgan fingerprint density at radius 1 is 1.38 bits per heavy atom. The molecule has 1 aromatic carbocycles. The highest BCUT2D eigenvalue weighted by atomic mass is 16.5. The molecule has 0 atom stereocenters. The maximum Gasteiger partial charge on any atom is 0.120 e. The topological polar surface area (TPSA) is 38.5 Å². The lowest BCUT2D eigenvalue weighted by atomic mass is 10.2. The largest absolute Gasteiger partial charge is 0.492 e. The Morgan fingerprint density at radius 3 is 2.86 bits per heavy atom. The Bertz CT molecular complexity index is 497. The molecule has 0 amide bonds. The lowest BCUT2D eigenvalue weighted by Gasteiger charge is -2.23. The third kappa shape index (κ3) is 5.79. The van der Waals surface area contributed by atoms with Gasteiger partial charge in [0, 0.05) is 24.7 Å². The minimum absolute atomic E-state index is 0.386. The summed E-state index contributed by atoms with van der Waals surface area (Å²) in [6, 6.07) is 8.70. The molecule has 0 radical (unpaired) electrons. The fraction of sp³-hybridized carbons (Fsp3) is 0.556. The van der Waals surface area contributed by atoms with Crippen LogP contribution in [0.5, 0.6) is 5.75 Å². The fourth-order valence-electron chi connectivity index (χ4n) is 2.43. The molecular weight excluding hydrogens is 260 g/mol. The normalized spacial score (nSPS) is 14.1. The first-order valence-electron chi connectivity index (χ1n) is 7.85. The van der Waals surface area contributed by atoms with Gasteiger partial charge in [-0.3, -0.25) is 4.90 Å². The molecule has 0 saturated heterocycles. The molecule has 1 aromatic rings. The van der Waals surface area contributed by atoms with Gasteiger partial charge in [-0.15, -0.1) is 0 Å². The van der Waals surface area contributed by atoms with Crippen molar-refractivity contribution in [1.82, 2.24) is 4.90 Å². The molecule has 0 bridgehead atoms. The van der Waals surface area contributed by atoms with Gasteiger partial charge in [0.25, 0.3) is 0 Å². The lowest BCUT2D eigenvalue weighted by Crippen LogP contribution is -2.33. The van der Waals surface area contributed by atoms with E-state index in [1.807, 2.05) is 24.3 Å². The van der Waals surface area contributed by atoms with Gasteiger partial charge in [0.1, 0.15) is 12.4 Å². The number of hydrogen-bond acceptors (Lipinski definition) is 3. The summed E-state index contributed by atoms with van der Waals surface area (Å²) in [5.41, 5.74) is 6.35. The first-order valence-corrected chi connectivity index (χ1v) is 7.85. The molecule has 2 rings (SSSR count). The molecular formula is C18H26N2O. The number of nitrogens with zero attached hydrogens (tertiary/aromatic N) is 1. The van der Waals surface area contributed by atoms with Crippen LogP contribution in [0.15, 0.2) is 24.3 Å². The van der Waals surface area contributed by atoms with E-state index in [1.54, 1.807) is 0 Å². The van der Waals surface area contributed by atoms with Crippen molar-refractivity contribution in [3.63, 3.8) is 0 Å².